The fraction of sp³-hybridized carbons (Fsp3) is 0.706. The van der Waals surface area contributed by atoms with Crippen LogP contribution in [0, 0.1) is 0 Å². The van der Waals surface area contributed by atoms with Gasteiger partial charge in [-0.1, -0.05) is 19.9 Å². The number of aromatic nitrogens is 1. The van der Waals surface area contributed by atoms with Crippen LogP contribution in [-0.2, 0) is 6.42 Å². The predicted octanol–water partition coefficient (Wildman–Crippen LogP) is 4.06. The molecule has 0 spiro atoms. The van der Waals surface area contributed by atoms with Gasteiger partial charge in [-0.05, 0) is 63.1 Å². The molecule has 2 atom stereocenters. The molecule has 0 bridgehead atoms. The normalized spacial score (nSPS) is 20.0. The molecule has 0 aliphatic heterocycles. The van der Waals surface area contributed by atoms with Crippen LogP contribution in [0.4, 0.5) is 0 Å². The topological polar surface area (TPSA) is 24.9 Å². The van der Waals surface area contributed by atoms with E-state index in [4.69, 9.17) is 0 Å². The van der Waals surface area contributed by atoms with Gasteiger partial charge < -0.3 is 5.32 Å². The van der Waals surface area contributed by atoms with Gasteiger partial charge >= 0.3 is 0 Å². The van der Waals surface area contributed by atoms with Crippen molar-refractivity contribution in [2.75, 3.05) is 6.54 Å². The molecule has 1 aliphatic rings. The maximum absolute atomic E-state index is 4.65. The lowest BCUT2D eigenvalue weighted by Crippen LogP contribution is -2.29. The molecular formula is C17H28N2. The molecule has 2 nitrogen and oxygen atoms in total. The molecule has 2 rings (SSSR count). The Kier molecular flexibility index (Phi) is 5.84. The molecule has 2 unspecified atom stereocenters. The SMILES string of the molecule is CCCNC(CC)CCC1CCCc2cccnc21. The van der Waals surface area contributed by atoms with Gasteiger partial charge in [-0.25, -0.2) is 0 Å². The van der Waals surface area contributed by atoms with E-state index in [1.54, 1.807) is 0 Å². The first-order valence-electron chi connectivity index (χ1n) is 8.02. The van der Waals surface area contributed by atoms with E-state index >= 15 is 0 Å². The van der Waals surface area contributed by atoms with E-state index in [-0.39, 0.29) is 0 Å². The Hall–Kier alpha value is -0.890. The first-order valence-corrected chi connectivity index (χ1v) is 8.02. The van der Waals surface area contributed by atoms with Gasteiger partial charge in [-0.3, -0.25) is 4.98 Å². The molecule has 1 N–H and O–H groups in total. The van der Waals surface area contributed by atoms with E-state index in [2.05, 4.69) is 36.3 Å². The molecule has 0 radical (unpaired) electrons. The van der Waals surface area contributed by atoms with Crippen molar-refractivity contribution in [3.8, 4) is 0 Å². The molecule has 0 fully saturated rings. The molecule has 1 aromatic rings. The fourth-order valence-electron chi connectivity index (χ4n) is 3.19. The fourth-order valence-corrected chi connectivity index (χ4v) is 3.19. The summed E-state index contributed by atoms with van der Waals surface area (Å²) in [6.45, 7) is 5.68. The van der Waals surface area contributed by atoms with Crippen LogP contribution in [0.1, 0.15) is 69.5 Å². The van der Waals surface area contributed by atoms with Gasteiger partial charge in [0.2, 0.25) is 0 Å². The van der Waals surface area contributed by atoms with E-state index in [0.29, 0.717) is 12.0 Å². The second-order valence-electron chi connectivity index (χ2n) is 5.77. The molecule has 19 heavy (non-hydrogen) atoms. The summed E-state index contributed by atoms with van der Waals surface area (Å²) in [5.74, 6) is 0.697. The van der Waals surface area contributed by atoms with Crippen LogP contribution < -0.4 is 5.32 Å². The van der Waals surface area contributed by atoms with Crippen molar-refractivity contribution >= 4 is 0 Å². The van der Waals surface area contributed by atoms with Gasteiger partial charge in [-0.15, -0.1) is 0 Å². The van der Waals surface area contributed by atoms with Crippen LogP contribution in [0.25, 0.3) is 0 Å². The minimum atomic E-state index is 0.689. The Morgan fingerprint density at radius 3 is 3.11 bits per heavy atom. The number of pyridine rings is 1. The lowest BCUT2D eigenvalue weighted by atomic mass is 9.83. The van der Waals surface area contributed by atoms with Crippen LogP contribution >= 0.6 is 0 Å². The highest BCUT2D eigenvalue weighted by atomic mass is 14.9. The highest BCUT2D eigenvalue weighted by Gasteiger charge is 2.21. The summed E-state index contributed by atoms with van der Waals surface area (Å²) < 4.78 is 0. The third-order valence-corrected chi connectivity index (χ3v) is 4.35. The molecule has 1 aromatic heterocycles. The van der Waals surface area contributed by atoms with Crippen LogP contribution in [0.5, 0.6) is 0 Å². The molecule has 0 saturated carbocycles. The van der Waals surface area contributed by atoms with Crippen molar-refractivity contribution in [3.63, 3.8) is 0 Å². The second-order valence-corrected chi connectivity index (χ2v) is 5.77. The van der Waals surface area contributed by atoms with Gasteiger partial charge in [0, 0.05) is 23.9 Å². The average molecular weight is 260 g/mol. The van der Waals surface area contributed by atoms with E-state index in [9.17, 15) is 0 Å². The summed E-state index contributed by atoms with van der Waals surface area (Å²) in [7, 11) is 0. The minimum absolute atomic E-state index is 0.689. The molecule has 0 saturated heterocycles. The smallest absolute Gasteiger partial charge is 0.0466 e. The zero-order chi connectivity index (χ0) is 13.5. The van der Waals surface area contributed by atoms with Gasteiger partial charge in [0.15, 0.2) is 0 Å². The van der Waals surface area contributed by atoms with Crippen LogP contribution in [0.15, 0.2) is 18.3 Å². The van der Waals surface area contributed by atoms with Crippen molar-refractivity contribution in [1.29, 1.82) is 0 Å². The van der Waals surface area contributed by atoms with Gasteiger partial charge in [0.05, 0.1) is 0 Å². The lowest BCUT2D eigenvalue weighted by molar-refractivity contribution is 0.410. The van der Waals surface area contributed by atoms with Crippen molar-refractivity contribution in [3.05, 3.63) is 29.6 Å². The van der Waals surface area contributed by atoms with Gasteiger partial charge in [0.25, 0.3) is 0 Å². The monoisotopic (exact) mass is 260 g/mol. The van der Waals surface area contributed by atoms with E-state index in [0.717, 1.165) is 6.54 Å². The zero-order valence-corrected chi connectivity index (χ0v) is 12.5. The standard InChI is InChI=1S/C17H28N2/c1-3-12-18-16(4-2)11-10-15-8-5-7-14-9-6-13-19-17(14)15/h6,9,13,15-16,18H,3-5,7-8,10-12H2,1-2H3. The number of nitrogens with zero attached hydrogens (tertiary/aromatic N) is 1. The molecule has 1 aliphatic carbocycles. The van der Waals surface area contributed by atoms with Crippen LogP contribution in [0.3, 0.4) is 0 Å². The van der Waals surface area contributed by atoms with Crippen molar-refractivity contribution in [2.24, 2.45) is 0 Å². The van der Waals surface area contributed by atoms with Crippen LogP contribution in [-0.4, -0.2) is 17.6 Å². The Bertz CT molecular complexity index is 375. The average Bonchev–Trinajstić information content (AvgIpc) is 2.47. The largest absolute Gasteiger partial charge is 0.314 e. The van der Waals surface area contributed by atoms with Crippen molar-refractivity contribution < 1.29 is 0 Å². The second kappa shape index (κ2) is 7.64. The Morgan fingerprint density at radius 1 is 1.42 bits per heavy atom. The Balaban J connectivity index is 1.89. The zero-order valence-electron chi connectivity index (χ0n) is 12.5. The number of nitrogens with one attached hydrogen (secondary N) is 1. The Labute approximate surface area is 118 Å². The molecule has 1 heterocycles. The summed E-state index contributed by atoms with van der Waals surface area (Å²) in [5.41, 5.74) is 2.88. The van der Waals surface area contributed by atoms with Crippen molar-refractivity contribution in [2.45, 2.75) is 70.8 Å². The first-order chi connectivity index (χ1) is 9.35. The van der Waals surface area contributed by atoms with E-state index in [1.165, 1.54) is 56.2 Å². The number of rotatable bonds is 7. The molecule has 0 aromatic carbocycles. The van der Waals surface area contributed by atoms with Gasteiger partial charge in [0.1, 0.15) is 0 Å². The maximum Gasteiger partial charge on any atom is 0.0466 e. The van der Waals surface area contributed by atoms with E-state index < -0.39 is 0 Å². The summed E-state index contributed by atoms with van der Waals surface area (Å²) in [6.07, 6.45) is 10.9. The summed E-state index contributed by atoms with van der Waals surface area (Å²) in [4.78, 5) is 4.65. The molecule has 2 heteroatoms. The maximum atomic E-state index is 4.65. The van der Waals surface area contributed by atoms with Gasteiger partial charge in [-0.2, -0.15) is 0 Å². The molecular weight excluding hydrogens is 232 g/mol. The Morgan fingerprint density at radius 2 is 2.32 bits per heavy atom. The first kappa shape index (κ1) is 14.5. The highest BCUT2D eigenvalue weighted by molar-refractivity contribution is 5.25. The molecule has 106 valence electrons. The third-order valence-electron chi connectivity index (χ3n) is 4.35. The number of hydrogen-bond acceptors (Lipinski definition) is 2. The van der Waals surface area contributed by atoms with E-state index in [1.807, 2.05) is 6.20 Å². The molecule has 0 amide bonds. The van der Waals surface area contributed by atoms with Crippen molar-refractivity contribution in [1.82, 2.24) is 10.3 Å². The summed E-state index contributed by atoms with van der Waals surface area (Å²) in [6, 6.07) is 5.04. The lowest BCUT2D eigenvalue weighted by Gasteiger charge is -2.26. The highest BCUT2D eigenvalue weighted by Crippen LogP contribution is 2.33. The number of hydrogen-bond donors (Lipinski definition) is 1. The third kappa shape index (κ3) is 4.04. The quantitative estimate of drug-likeness (QED) is 0.799. The van der Waals surface area contributed by atoms with Crippen LogP contribution in [0.2, 0.25) is 0 Å². The minimum Gasteiger partial charge on any atom is -0.314 e. The summed E-state index contributed by atoms with van der Waals surface area (Å²) in [5, 5.41) is 3.66. The predicted molar refractivity (Wildman–Crippen MR) is 81.5 cm³/mol. The number of fused-ring (bicyclic) bond motifs is 1. The summed E-state index contributed by atoms with van der Waals surface area (Å²) >= 11 is 0. The number of aryl methyl sites for hydroxylation is 1.